The number of fused-ring (bicyclic) bond motifs is 2. The fourth-order valence-corrected chi connectivity index (χ4v) is 4.98. The molecule has 0 unspecified atom stereocenters. The van der Waals surface area contributed by atoms with Crippen molar-refractivity contribution in [1.29, 1.82) is 0 Å². The van der Waals surface area contributed by atoms with Gasteiger partial charge in [-0.1, -0.05) is 11.6 Å². The number of anilines is 1. The van der Waals surface area contributed by atoms with E-state index in [9.17, 15) is 9.59 Å². The van der Waals surface area contributed by atoms with Gasteiger partial charge in [0.2, 0.25) is 0 Å². The Balaban J connectivity index is 1.67. The van der Waals surface area contributed by atoms with Crippen LogP contribution in [0.2, 0.25) is 5.02 Å². The highest BCUT2D eigenvalue weighted by atomic mass is 35.5. The number of carbonyl (C=O) groups is 2. The first kappa shape index (κ1) is 30.0. The summed E-state index contributed by atoms with van der Waals surface area (Å²) in [5.74, 6) is -0.0766. The smallest absolute Gasteiger partial charge is 0.275 e. The number of aryl methyl sites for hydroxylation is 1. The van der Waals surface area contributed by atoms with Crippen molar-refractivity contribution in [3.05, 3.63) is 70.6 Å². The average Bonchev–Trinajstić information content (AvgIpc) is 3.56. The first-order valence-electron chi connectivity index (χ1n) is 13.6. The summed E-state index contributed by atoms with van der Waals surface area (Å²) in [6.07, 6.45) is 3.23. The van der Waals surface area contributed by atoms with Gasteiger partial charge in [0, 0.05) is 30.1 Å². The summed E-state index contributed by atoms with van der Waals surface area (Å²) < 4.78 is 19.2. The summed E-state index contributed by atoms with van der Waals surface area (Å²) in [6.45, 7) is 6.39. The minimum Gasteiger partial charge on any atom is -0.497 e. The Morgan fingerprint density at radius 2 is 1.91 bits per heavy atom. The Morgan fingerprint density at radius 3 is 2.63 bits per heavy atom. The molecule has 2 aromatic carbocycles. The van der Waals surface area contributed by atoms with Gasteiger partial charge in [0.25, 0.3) is 11.8 Å². The van der Waals surface area contributed by atoms with Gasteiger partial charge in [-0.25, -0.2) is 14.3 Å². The van der Waals surface area contributed by atoms with Gasteiger partial charge >= 0.3 is 0 Å². The molecule has 3 heterocycles. The van der Waals surface area contributed by atoms with Crippen LogP contribution in [0.3, 0.4) is 0 Å². The van der Waals surface area contributed by atoms with Crippen molar-refractivity contribution in [2.75, 3.05) is 32.8 Å². The number of benzene rings is 2. The highest BCUT2D eigenvalue weighted by Gasteiger charge is 2.27. The summed E-state index contributed by atoms with van der Waals surface area (Å²) in [6, 6.07) is 10.3. The summed E-state index contributed by atoms with van der Waals surface area (Å²) in [5, 5.41) is 16.6. The molecule has 0 spiro atoms. The zero-order chi connectivity index (χ0) is 30.7. The number of rotatable bonds is 11. The number of nitrogens with zero attached hydrogens (tertiary/aromatic N) is 5. The number of ether oxygens (including phenoxy) is 3. The summed E-state index contributed by atoms with van der Waals surface area (Å²) in [5.41, 5.74) is 2.46. The number of halogens is 1. The van der Waals surface area contributed by atoms with Crippen molar-refractivity contribution >= 4 is 50.9 Å². The number of aromatic nitrogens is 5. The molecule has 5 aromatic rings. The first-order valence-corrected chi connectivity index (χ1v) is 14.0. The van der Waals surface area contributed by atoms with E-state index in [1.54, 1.807) is 61.6 Å². The van der Waals surface area contributed by atoms with E-state index in [1.807, 2.05) is 26.8 Å². The van der Waals surface area contributed by atoms with Crippen molar-refractivity contribution < 1.29 is 23.8 Å². The van der Waals surface area contributed by atoms with Crippen LogP contribution >= 0.6 is 11.6 Å². The van der Waals surface area contributed by atoms with Crippen LogP contribution in [0.5, 0.6) is 5.75 Å². The number of methoxy groups -OCH3 is 2. The van der Waals surface area contributed by atoms with Gasteiger partial charge < -0.3 is 24.8 Å². The van der Waals surface area contributed by atoms with Gasteiger partial charge in [-0.2, -0.15) is 10.2 Å². The molecule has 43 heavy (non-hydrogen) atoms. The van der Waals surface area contributed by atoms with Crippen LogP contribution < -0.4 is 15.4 Å². The van der Waals surface area contributed by atoms with Crippen LogP contribution in [-0.4, -0.2) is 69.8 Å². The topological polar surface area (TPSA) is 134 Å². The number of amides is 2. The number of pyridine rings is 1. The third-order valence-corrected chi connectivity index (χ3v) is 6.98. The first-order chi connectivity index (χ1) is 20.7. The van der Waals surface area contributed by atoms with E-state index in [0.717, 1.165) is 5.39 Å². The largest absolute Gasteiger partial charge is 0.497 e. The number of hydrogen-bond donors (Lipinski definition) is 2. The molecular formula is C30H32ClN7O5. The number of hydrogen-bond acceptors (Lipinski definition) is 8. The molecule has 5 rings (SSSR count). The molecule has 0 saturated heterocycles. The maximum atomic E-state index is 14.3. The van der Waals surface area contributed by atoms with E-state index in [2.05, 4.69) is 25.8 Å². The van der Waals surface area contributed by atoms with Gasteiger partial charge in [0.05, 0.1) is 53.8 Å². The van der Waals surface area contributed by atoms with Crippen LogP contribution in [0.25, 0.3) is 27.6 Å². The molecule has 3 aromatic heterocycles. The molecular weight excluding hydrogens is 574 g/mol. The lowest BCUT2D eigenvalue weighted by Gasteiger charge is -2.18. The molecule has 2 N–H and O–H groups in total. The fourth-order valence-electron chi connectivity index (χ4n) is 4.78. The third kappa shape index (κ3) is 6.03. The van der Waals surface area contributed by atoms with Gasteiger partial charge in [0.1, 0.15) is 18.2 Å². The number of carbonyl (C=O) groups excluding carboxylic acids is 2. The predicted octanol–water partition coefficient (Wildman–Crippen LogP) is 4.75. The lowest BCUT2D eigenvalue weighted by molar-refractivity contribution is 0.0308. The number of nitrogens with one attached hydrogen (secondary N) is 2. The Hall–Kier alpha value is -4.52. The molecule has 0 aliphatic heterocycles. The maximum absolute atomic E-state index is 14.3. The lowest BCUT2D eigenvalue weighted by Crippen LogP contribution is -2.32. The van der Waals surface area contributed by atoms with Gasteiger partial charge in [-0.05, 0) is 62.7 Å². The molecule has 13 heteroatoms. The molecule has 12 nitrogen and oxygen atoms in total. The highest BCUT2D eigenvalue weighted by molar-refractivity contribution is 6.32. The van der Waals surface area contributed by atoms with E-state index < -0.39 is 5.91 Å². The second-order valence-electron chi connectivity index (χ2n) is 10.1. The van der Waals surface area contributed by atoms with Crippen molar-refractivity contribution in [1.82, 2.24) is 29.9 Å². The SMILES string of the molecule is COCCOCn1ncc2cc(C)c(NC(=O)c3c4cc(OC)ccc4nn3-c3ncccc3Cl)c(C(=O)NC(C)C)c21. The second kappa shape index (κ2) is 12.8. The molecule has 0 saturated carbocycles. The van der Waals surface area contributed by atoms with Crippen LogP contribution in [0.15, 0.2) is 48.8 Å². The standard InChI is InChI=1S/C30H32ClN7O5/c1-17(2)34-29(39)24-25(18(3)13-19-15-33-37(26(19)24)16-43-12-11-41-4)35-30(40)27-21-14-20(42-5)8-9-23(21)36-38(27)28-22(31)7-6-10-32-28/h6-10,13-15,17H,11-12,16H2,1-5H3,(H,34,39)(H,35,40). The van der Waals surface area contributed by atoms with Crippen LogP contribution in [0.1, 0.15) is 40.3 Å². The fraction of sp³-hybridized carbons (Fsp3) is 0.300. The van der Waals surface area contributed by atoms with E-state index >= 15 is 0 Å². The minimum absolute atomic E-state index is 0.0840. The van der Waals surface area contributed by atoms with E-state index in [1.165, 1.54) is 4.68 Å². The van der Waals surface area contributed by atoms with Crippen molar-refractivity contribution in [3.63, 3.8) is 0 Å². The van der Waals surface area contributed by atoms with Crippen LogP contribution in [0, 0.1) is 6.92 Å². The van der Waals surface area contributed by atoms with Crippen LogP contribution in [0.4, 0.5) is 5.69 Å². The molecule has 0 atom stereocenters. The summed E-state index contributed by atoms with van der Waals surface area (Å²) >= 11 is 6.49. The monoisotopic (exact) mass is 605 g/mol. The maximum Gasteiger partial charge on any atom is 0.275 e. The molecule has 0 aliphatic carbocycles. The molecule has 2 amide bonds. The quantitative estimate of drug-likeness (QED) is 0.206. The molecule has 224 valence electrons. The van der Waals surface area contributed by atoms with E-state index in [4.69, 9.17) is 25.8 Å². The highest BCUT2D eigenvalue weighted by Crippen LogP contribution is 2.33. The molecule has 0 radical (unpaired) electrons. The Labute approximate surface area is 252 Å². The Morgan fingerprint density at radius 1 is 1.09 bits per heavy atom. The lowest BCUT2D eigenvalue weighted by atomic mass is 10.0. The molecule has 0 aliphatic rings. The van der Waals surface area contributed by atoms with Crippen molar-refractivity contribution in [2.45, 2.75) is 33.5 Å². The predicted molar refractivity (Wildman–Crippen MR) is 163 cm³/mol. The van der Waals surface area contributed by atoms with Crippen molar-refractivity contribution in [2.24, 2.45) is 0 Å². The van der Waals surface area contributed by atoms with E-state index in [-0.39, 0.29) is 35.8 Å². The zero-order valence-corrected chi connectivity index (χ0v) is 25.2. The normalized spacial score (nSPS) is 11.4. The van der Waals surface area contributed by atoms with Gasteiger partial charge in [0.15, 0.2) is 5.82 Å². The van der Waals surface area contributed by atoms with Crippen LogP contribution in [-0.2, 0) is 16.2 Å². The van der Waals surface area contributed by atoms with Gasteiger partial charge in [-0.15, -0.1) is 0 Å². The molecule has 0 fully saturated rings. The summed E-state index contributed by atoms with van der Waals surface area (Å²) in [7, 11) is 3.13. The second-order valence-corrected chi connectivity index (χ2v) is 10.5. The third-order valence-electron chi connectivity index (χ3n) is 6.68. The summed E-state index contributed by atoms with van der Waals surface area (Å²) in [4.78, 5) is 32.4. The van der Waals surface area contributed by atoms with Crippen molar-refractivity contribution in [3.8, 4) is 11.6 Å². The average molecular weight is 606 g/mol. The zero-order valence-electron chi connectivity index (χ0n) is 24.5. The minimum atomic E-state index is -0.527. The Kier molecular flexibility index (Phi) is 8.90. The van der Waals surface area contributed by atoms with Gasteiger partial charge in [-0.3, -0.25) is 9.59 Å². The Bertz CT molecular complexity index is 1810. The molecule has 0 bridgehead atoms. The van der Waals surface area contributed by atoms with E-state index in [0.29, 0.717) is 51.7 Å².